The predicted molar refractivity (Wildman–Crippen MR) is 79.5 cm³/mol. The molecule has 0 aromatic heterocycles. The highest BCUT2D eigenvalue weighted by atomic mass is 79.9. The number of piperidine rings is 1. The van der Waals surface area contributed by atoms with Crippen molar-refractivity contribution in [1.82, 2.24) is 4.90 Å². The highest BCUT2D eigenvalue weighted by molar-refractivity contribution is 9.10. The molecular formula is C16H21BrFN. The second-order valence-corrected chi connectivity index (χ2v) is 6.92. The van der Waals surface area contributed by atoms with E-state index in [2.05, 4.69) is 26.9 Å². The van der Waals surface area contributed by atoms with Gasteiger partial charge in [0.2, 0.25) is 0 Å². The highest BCUT2D eigenvalue weighted by Gasteiger charge is 2.32. The van der Waals surface area contributed by atoms with E-state index in [4.69, 9.17) is 0 Å². The van der Waals surface area contributed by atoms with Crippen molar-refractivity contribution in [2.45, 2.75) is 51.1 Å². The number of rotatable bonds is 2. The van der Waals surface area contributed by atoms with Gasteiger partial charge in [-0.1, -0.05) is 28.8 Å². The van der Waals surface area contributed by atoms with Crippen molar-refractivity contribution in [2.24, 2.45) is 5.92 Å². The number of hydrogen-bond donors (Lipinski definition) is 0. The first-order valence-corrected chi connectivity index (χ1v) is 8.21. The molecule has 1 saturated carbocycles. The largest absolute Gasteiger partial charge is 0.296 e. The molecule has 1 aromatic carbocycles. The Labute approximate surface area is 123 Å². The maximum atomic E-state index is 13.5. The summed E-state index contributed by atoms with van der Waals surface area (Å²) < 4.78 is 14.3. The van der Waals surface area contributed by atoms with Crippen LogP contribution in [-0.4, -0.2) is 17.5 Å². The number of fused-ring (bicyclic) bond motifs is 1. The average molecular weight is 326 g/mol. The van der Waals surface area contributed by atoms with E-state index in [1.165, 1.54) is 51.1 Å². The fraction of sp³-hybridized carbons (Fsp3) is 0.625. The van der Waals surface area contributed by atoms with Crippen molar-refractivity contribution in [1.29, 1.82) is 0 Å². The number of benzene rings is 1. The van der Waals surface area contributed by atoms with Crippen LogP contribution >= 0.6 is 15.9 Å². The summed E-state index contributed by atoms with van der Waals surface area (Å²) >= 11 is 3.39. The van der Waals surface area contributed by atoms with Crippen molar-refractivity contribution in [2.75, 3.05) is 6.54 Å². The molecule has 3 heteroatoms. The number of likely N-dealkylation sites (tertiary alicyclic amines) is 1. The average Bonchev–Trinajstić information content (AvgIpc) is 2.38. The molecule has 1 aliphatic carbocycles. The summed E-state index contributed by atoms with van der Waals surface area (Å²) in [6, 6.07) is 6.00. The summed E-state index contributed by atoms with van der Waals surface area (Å²) in [6.45, 7) is 2.08. The minimum absolute atomic E-state index is 0.137. The molecule has 1 heterocycles. The maximum absolute atomic E-state index is 13.5. The molecule has 1 aromatic rings. The van der Waals surface area contributed by atoms with Crippen molar-refractivity contribution in [3.8, 4) is 0 Å². The van der Waals surface area contributed by atoms with Crippen molar-refractivity contribution >= 4 is 15.9 Å². The van der Waals surface area contributed by atoms with E-state index in [9.17, 15) is 4.39 Å². The molecule has 2 aliphatic rings. The number of nitrogens with zero attached hydrogens (tertiary/aromatic N) is 1. The van der Waals surface area contributed by atoms with Gasteiger partial charge in [-0.2, -0.15) is 0 Å². The van der Waals surface area contributed by atoms with Gasteiger partial charge in [-0.15, -0.1) is 0 Å². The molecule has 0 amide bonds. The van der Waals surface area contributed by atoms with E-state index >= 15 is 0 Å². The second kappa shape index (κ2) is 5.92. The fourth-order valence-corrected chi connectivity index (χ4v) is 4.37. The number of halogens is 2. The lowest BCUT2D eigenvalue weighted by molar-refractivity contribution is 0.0546. The summed E-state index contributed by atoms with van der Waals surface area (Å²) in [4.78, 5) is 2.59. The zero-order chi connectivity index (χ0) is 13.2. The molecule has 3 rings (SSSR count). The maximum Gasteiger partial charge on any atom is 0.124 e. The molecule has 0 bridgehead atoms. The summed E-state index contributed by atoms with van der Waals surface area (Å²) in [6.07, 6.45) is 8.20. The molecule has 2 fully saturated rings. The van der Waals surface area contributed by atoms with Gasteiger partial charge in [-0.25, -0.2) is 4.39 Å². The van der Waals surface area contributed by atoms with E-state index in [0.29, 0.717) is 0 Å². The molecular weight excluding hydrogens is 305 g/mol. The molecule has 1 aliphatic heterocycles. The van der Waals surface area contributed by atoms with Crippen LogP contribution < -0.4 is 0 Å². The van der Waals surface area contributed by atoms with Crippen LogP contribution in [0.2, 0.25) is 0 Å². The minimum atomic E-state index is -0.137. The predicted octanol–water partition coefficient (Wildman–Crippen LogP) is 4.74. The quantitative estimate of drug-likeness (QED) is 0.758. The van der Waals surface area contributed by atoms with E-state index in [1.54, 1.807) is 6.07 Å². The van der Waals surface area contributed by atoms with E-state index < -0.39 is 0 Å². The summed E-state index contributed by atoms with van der Waals surface area (Å²) in [5.41, 5.74) is 1.10. The Morgan fingerprint density at radius 2 is 1.89 bits per heavy atom. The first kappa shape index (κ1) is 13.6. The van der Waals surface area contributed by atoms with Crippen LogP contribution in [0.4, 0.5) is 4.39 Å². The van der Waals surface area contributed by atoms with E-state index in [1.807, 2.05) is 0 Å². The van der Waals surface area contributed by atoms with Crippen LogP contribution in [0.5, 0.6) is 0 Å². The zero-order valence-corrected chi connectivity index (χ0v) is 12.8. The normalized spacial score (nSPS) is 28.1. The van der Waals surface area contributed by atoms with Gasteiger partial charge in [-0.05, 0) is 61.9 Å². The Morgan fingerprint density at radius 3 is 2.74 bits per heavy atom. The lowest BCUT2D eigenvalue weighted by Crippen LogP contribution is -2.46. The topological polar surface area (TPSA) is 3.24 Å². The molecule has 0 N–H and O–H groups in total. The molecule has 1 saturated heterocycles. The van der Waals surface area contributed by atoms with Crippen molar-refractivity contribution in [3.05, 3.63) is 34.1 Å². The number of hydrogen-bond acceptors (Lipinski definition) is 1. The smallest absolute Gasteiger partial charge is 0.124 e. The highest BCUT2D eigenvalue weighted by Crippen LogP contribution is 2.36. The van der Waals surface area contributed by atoms with E-state index in [-0.39, 0.29) is 5.82 Å². The minimum Gasteiger partial charge on any atom is -0.296 e. The molecule has 2 unspecified atom stereocenters. The lowest BCUT2D eigenvalue weighted by atomic mass is 9.78. The zero-order valence-electron chi connectivity index (χ0n) is 11.2. The third-order valence-electron chi connectivity index (χ3n) is 4.67. The third kappa shape index (κ3) is 3.19. The van der Waals surface area contributed by atoms with Crippen LogP contribution in [-0.2, 0) is 6.54 Å². The first-order chi connectivity index (χ1) is 9.22. The molecule has 104 valence electrons. The van der Waals surface area contributed by atoms with Gasteiger partial charge in [0.05, 0.1) is 0 Å². The second-order valence-electron chi connectivity index (χ2n) is 6.00. The van der Waals surface area contributed by atoms with Gasteiger partial charge >= 0.3 is 0 Å². The van der Waals surface area contributed by atoms with Gasteiger partial charge < -0.3 is 0 Å². The Morgan fingerprint density at radius 1 is 1.11 bits per heavy atom. The van der Waals surface area contributed by atoms with Crippen molar-refractivity contribution in [3.63, 3.8) is 0 Å². The van der Waals surface area contributed by atoms with Gasteiger partial charge in [0, 0.05) is 17.1 Å². The van der Waals surface area contributed by atoms with Crippen LogP contribution in [0, 0.1) is 11.7 Å². The van der Waals surface area contributed by atoms with Crippen molar-refractivity contribution < 1.29 is 4.39 Å². The SMILES string of the molecule is Fc1cc(Br)cc(CN2CCCC3CCCCC32)c1. The van der Waals surface area contributed by atoms with Gasteiger partial charge in [0.1, 0.15) is 5.82 Å². The summed E-state index contributed by atoms with van der Waals surface area (Å²) in [5.74, 6) is 0.751. The first-order valence-electron chi connectivity index (χ1n) is 7.41. The monoisotopic (exact) mass is 325 g/mol. The van der Waals surface area contributed by atoms with E-state index in [0.717, 1.165) is 28.5 Å². The summed E-state index contributed by atoms with van der Waals surface area (Å²) in [7, 11) is 0. The molecule has 0 radical (unpaired) electrons. The molecule has 19 heavy (non-hydrogen) atoms. The lowest BCUT2D eigenvalue weighted by Gasteiger charge is -2.44. The van der Waals surface area contributed by atoms with Crippen LogP contribution in [0.3, 0.4) is 0 Å². The molecule has 1 nitrogen and oxygen atoms in total. The standard InChI is InChI=1S/C16H21BrFN/c17-14-8-12(9-15(18)10-14)11-19-7-3-5-13-4-1-2-6-16(13)19/h8-10,13,16H,1-7,11H2. The van der Waals surface area contributed by atoms with Crippen LogP contribution in [0.15, 0.2) is 22.7 Å². The Balaban J connectivity index is 1.74. The van der Waals surface area contributed by atoms with Gasteiger partial charge in [-0.3, -0.25) is 4.90 Å². The molecule has 0 spiro atoms. The Bertz CT molecular complexity index is 426. The fourth-order valence-electron chi connectivity index (χ4n) is 3.86. The summed E-state index contributed by atoms with van der Waals surface area (Å²) in [5, 5.41) is 0. The Kier molecular flexibility index (Phi) is 4.23. The molecule has 2 atom stereocenters. The van der Waals surface area contributed by atoms with Crippen LogP contribution in [0.1, 0.15) is 44.1 Å². The van der Waals surface area contributed by atoms with Crippen LogP contribution in [0.25, 0.3) is 0 Å². The Hall–Kier alpha value is -0.410. The van der Waals surface area contributed by atoms with Gasteiger partial charge in [0.15, 0.2) is 0 Å². The van der Waals surface area contributed by atoms with Gasteiger partial charge in [0.25, 0.3) is 0 Å². The third-order valence-corrected chi connectivity index (χ3v) is 5.12.